The van der Waals surface area contributed by atoms with Gasteiger partial charge in [0, 0.05) is 4.47 Å². The Kier molecular flexibility index (Phi) is 2.49. The molecule has 0 unspecified atom stereocenters. The van der Waals surface area contributed by atoms with Crippen molar-refractivity contribution in [3.63, 3.8) is 0 Å². The highest BCUT2D eigenvalue weighted by Crippen LogP contribution is 2.33. The third-order valence-corrected chi connectivity index (χ3v) is 2.79. The second-order valence-electron chi connectivity index (χ2n) is 3.73. The molecule has 2 rings (SSSR count). The van der Waals surface area contributed by atoms with Crippen molar-refractivity contribution in [2.45, 2.75) is 18.4 Å². The van der Waals surface area contributed by atoms with Gasteiger partial charge in [0.1, 0.15) is 6.61 Å². The lowest BCUT2D eigenvalue weighted by Crippen LogP contribution is -2.29. The first-order chi connectivity index (χ1) is 6.59. The van der Waals surface area contributed by atoms with Crippen LogP contribution in [0, 0.1) is 5.82 Å². The summed E-state index contributed by atoms with van der Waals surface area (Å²) >= 11 is 3.25. The lowest BCUT2D eigenvalue weighted by Gasteiger charge is -2.11. The molecule has 1 aliphatic carbocycles. The Hall–Kier alpha value is -0.610. The molecule has 4 heteroatoms. The first-order valence-electron chi connectivity index (χ1n) is 4.46. The van der Waals surface area contributed by atoms with Gasteiger partial charge in [-0.2, -0.15) is 0 Å². The molecule has 0 saturated heterocycles. The Morgan fingerprint density at radius 2 is 2.21 bits per heavy atom. The number of ether oxygens (including phenoxy) is 1. The highest BCUT2D eigenvalue weighted by molar-refractivity contribution is 9.10. The van der Waals surface area contributed by atoms with E-state index in [4.69, 9.17) is 10.5 Å². The second-order valence-corrected chi connectivity index (χ2v) is 4.64. The Morgan fingerprint density at radius 1 is 1.50 bits per heavy atom. The molecular formula is C10H11BrFNO. The molecule has 2 nitrogen and oxygen atoms in total. The molecule has 1 saturated carbocycles. The summed E-state index contributed by atoms with van der Waals surface area (Å²) in [5, 5.41) is 0. The quantitative estimate of drug-likeness (QED) is 0.906. The van der Waals surface area contributed by atoms with E-state index in [1.165, 1.54) is 6.07 Å². The fraction of sp³-hybridized carbons (Fsp3) is 0.400. The van der Waals surface area contributed by atoms with Gasteiger partial charge in [0.05, 0.1) is 5.54 Å². The Labute approximate surface area is 90.4 Å². The van der Waals surface area contributed by atoms with Crippen LogP contribution in [0.5, 0.6) is 5.75 Å². The maximum Gasteiger partial charge on any atom is 0.165 e. The number of benzene rings is 1. The summed E-state index contributed by atoms with van der Waals surface area (Å²) in [6.45, 7) is 0.389. The van der Waals surface area contributed by atoms with Crippen LogP contribution in [-0.4, -0.2) is 12.1 Å². The lowest BCUT2D eigenvalue weighted by molar-refractivity contribution is 0.267. The summed E-state index contributed by atoms with van der Waals surface area (Å²) in [6, 6.07) is 4.62. The summed E-state index contributed by atoms with van der Waals surface area (Å²) in [5.41, 5.74) is 5.61. The van der Waals surface area contributed by atoms with Crippen molar-refractivity contribution in [2.24, 2.45) is 5.73 Å². The van der Waals surface area contributed by atoms with Gasteiger partial charge < -0.3 is 10.5 Å². The zero-order chi connectivity index (χ0) is 10.2. The number of hydrogen-bond donors (Lipinski definition) is 1. The van der Waals surface area contributed by atoms with Crippen molar-refractivity contribution in [1.29, 1.82) is 0 Å². The molecule has 1 aliphatic rings. The smallest absolute Gasteiger partial charge is 0.165 e. The van der Waals surface area contributed by atoms with Crippen molar-refractivity contribution in [3.8, 4) is 5.75 Å². The molecular weight excluding hydrogens is 249 g/mol. The third-order valence-electron chi connectivity index (χ3n) is 2.30. The largest absolute Gasteiger partial charge is 0.489 e. The van der Waals surface area contributed by atoms with Crippen LogP contribution in [0.4, 0.5) is 4.39 Å². The normalized spacial score (nSPS) is 17.9. The zero-order valence-corrected chi connectivity index (χ0v) is 9.18. The third kappa shape index (κ3) is 2.25. The van der Waals surface area contributed by atoms with E-state index in [-0.39, 0.29) is 17.1 Å². The van der Waals surface area contributed by atoms with Gasteiger partial charge in [0.25, 0.3) is 0 Å². The minimum atomic E-state index is -0.350. The van der Waals surface area contributed by atoms with E-state index < -0.39 is 0 Å². The topological polar surface area (TPSA) is 35.2 Å². The summed E-state index contributed by atoms with van der Waals surface area (Å²) in [6.07, 6.45) is 1.92. The van der Waals surface area contributed by atoms with E-state index >= 15 is 0 Å². The Balaban J connectivity index is 2.04. The molecule has 0 radical (unpaired) electrons. The van der Waals surface area contributed by atoms with E-state index in [1.54, 1.807) is 12.1 Å². The van der Waals surface area contributed by atoms with Crippen molar-refractivity contribution in [3.05, 3.63) is 28.5 Å². The van der Waals surface area contributed by atoms with E-state index in [2.05, 4.69) is 15.9 Å². The van der Waals surface area contributed by atoms with Gasteiger partial charge in [0.2, 0.25) is 0 Å². The van der Waals surface area contributed by atoms with Crippen LogP contribution < -0.4 is 10.5 Å². The summed E-state index contributed by atoms with van der Waals surface area (Å²) < 4.78 is 19.3. The number of nitrogens with two attached hydrogens (primary N) is 1. The van der Waals surface area contributed by atoms with Crippen LogP contribution in [-0.2, 0) is 0 Å². The van der Waals surface area contributed by atoms with Gasteiger partial charge in [-0.05, 0) is 31.0 Å². The van der Waals surface area contributed by atoms with E-state index in [0.29, 0.717) is 6.61 Å². The molecule has 0 atom stereocenters. The molecule has 0 aromatic heterocycles. The van der Waals surface area contributed by atoms with E-state index in [9.17, 15) is 4.39 Å². The fourth-order valence-electron chi connectivity index (χ4n) is 1.11. The average Bonchev–Trinajstić information content (AvgIpc) is 2.87. The van der Waals surface area contributed by atoms with Gasteiger partial charge in [0.15, 0.2) is 11.6 Å². The number of rotatable bonds is 3. The van der Waals surface area contributed by atoms with Gasteiger partial charge in [-0.15, -0.1) is 0 Å². The number of hydrogen-bond acceptors (Lipinski definition) is 2. The minimum Gasteiger partial charge on any atom is -0.489 e. The first kappa shape index (κ1) is 9.93. The SMILES string of the molecule is NC1(COc2cc(Br)ccc2F)CC1. The lowest BCUT2D eigenvalue weighted by atomic mass is 10.3. The van der Waals surface area contributed by atoms with Gasteiger partial charge in [-0.3, -0.25) is 0 Å². The van der Waals surface area contributed by atoms with Crippen LogP contribution in [0.2, 0.25) is 0 Å². The van der Waals surface area contributed by atoms with Gasteiger partial charge >= 0.3 is 0 Å². The minimum absolute atomic E-state index is 0.214. The van der Waals surface area contributed by atoms with E-state index in [0.717, 1.165) is 17.3 Å². The molecule has 1 aromatic carbocycles. The maximum absolute atomic E-state index is 13.2. The molecule has 0 amide bonds. The molecule has 0 heterocycles. The van der Waals surface area contributed by atoms with Crippen molar-refractivity contribution in [1.82, 2.24) is 0 Å². The molecule has 0 aliphatic heterocycles. The van der Waals surface area contributed by atoms with Gasteiger partial charge in [-0.25, -0.2) is 4.39 Å². The van der Waals surface area contributed by atoms with E-state index in [1.807, 2.05) is 0 Å². The predicted octanol–water partition coefficient (Wildman–Crippen LogP) is 2.46. The summed E-state index contributed by atoms with van der Waals surface area (Å²) in [5.74, 6) is -0.0893. The predicted molar refractivity (Wildman–Crippen MR) is 55.7 cm³/mol. The Bertz CT molecular complexity index is 352. The molecule has 0 spiro atoms. The molecule has 76 valence electrons. The Morgan fingerprint density at radius 3 is 2.86 bits per heavy atom. The second kappa shape index (κ2) is 3.51. The molecule has 14 heavy (non-hydrogen) atoms. The van der Waals surface area contributed by atoms with Crippen molar-refractivity contribution >= 4 is 15.9 Å². The summed E-state index contributed by atoms with van der Waals surface area (Å²) in [4.78, 5) is 0. The van der Waals surface area contributed by atoms with Crippen LogP contribution >= 0.6 is 15.9 Å². The molecule has 1 aromatic rings. The van der Waals surface area contributed by atoms with Crippen LogP contribution in [0.15, 0.2) is 22.7 Å². The highest BCUT2D eigenvalue weighted by Gasteiger charge is 2.39. The molecule has 1 fully saturated rings. The highest BCUT2D eigenvalue weighted by atomic mass is 79.9. The standard InChI is InChI=1S/C10H11BrFNO/c11-7-1-2-8(12)9(5-7)14-6-10(13)3-4-10/h1-2,5H,3-4,6,13H2. The van der Waals surface area contributed by atoms with Crippen molar-refractivity contribution in [2.75, 3.05) is 6.61 Å². The number of halogens is 2. The molecule has 0 bridgehead atoms. The fourth-order valence-corrected chi connectivity index (χ4v) is 1.45. The first-order valence-corrected chi connectivity index (χ1v) is 5.25. The van der Waals surface area contributed by atoms with Crippen LogP contribution in [0.1, 0.15) is 12.8 Å². The zero-order valence-electron chi connectivity index (χ0n) is 7.59. The van der Waals surface area contributed by atoms with Crippen LogP contribution in [0.25, 0.3) is 0 Å². The average molecular weight is 260 g/mol. The van der Waals surface area contributed by atoms with Crippen LogP contribution in [0.3, 0.4) is 0 Å². The summed E-state index contributed by atoms with van der Waals surface area (Å²) in [7, 11) is 0. The maximum atomic E-state index is 13.2. The molecule has 2 N–H and O–H groups in total. The monoisotopic (exact) mass is 259 g/mol. The van der Waals surface area contributed by atoms with Crippen molar-refractivity contribution < 1.29 is 9.13 Å². The van der Waals surface area contributed by atoms with Gasteiger partial charge in [-0.1, -0.05) is 15.9 Å².